The lowest BCUT2D eigenvalue weighted by atomic mass is 9.92. The van der Waals surface area contributed by atoms with Crippen LogP contribution >= 0.6 is 0 Å². The van der Waals surface area contributed by atoms with E-state index < -0.39 is 0 Å². The summed E-state index contributed by atoms with van der Waals surface area (Å²) in [5, 5.41) is 0. The van der Waals surface area contributed by atoms with Crippen molar-refractivity contribution in [2.45, 2.75) is 31.7 Å². The molecule has 0 aliphatic heterocycles. The quantitative estimate of drug-likeness (QED) is 0.797. The molecule has 1 saturated carbocycles. The Hall–Kier alpha value is -1.16. The van der Waals surface area contributed by atoms with Gasteiger partial charge in [0.1, 0.15) is 0 Å². The Kier molecular flexibility index (Phi) is 3.16. The van der Waals surface area contributed by atoms with Crippen LogP contribution < -0.4 is 10.6 Å². The Morgan fingerprint density at radius 2 is 2.07 bits per heavy atom. The molecule has 15 heavy (non-hydrogen) atoms. The highest BCUT2D eigenvalue weighted by molar-refractivity contribution is 5.31. The molecule has 1 aromatic rings. The number of hydrogen-bond donors (Lipinski definition) is 1. The van der Waals surface area contributed by atoms with E-state index in [4.69, 9.17) is 5.73 Å². The van der Waals surface area contributed by atoms with Crippen molar-refractivity contribution in [2.75, 3.05) is 18.5 Å². The maximum atomic E-state index is 5.47. The Morgan fingerprint density at radius 1 is 1.40 bits per heavy atom. The van der Waals surface area contributed by atoms with Crippen LogP contribution in [0.25, 0.3) is 0 Å². The van der Waals surface area contributed by atoms with E-state index in [1.165, 1.54) is 19.3 Å². The van der Waals surface area contributed by atoms with Crippen LogP contribution in [-0.4, -0.2) is 29.6 Å². The molecule has 1 aromatic heterocycles. The molecule has 0 bridgehead atoms. The zero-order valence-electron chi connectivity index (χ0n) is 9.19. The third kappa shape index (κ3) is 2.26. The second-order valence-electron chi connectivity index (χ2n) is 4.13. The van der Waals surface area contributed by atoms with Gasteiger partial charge in [-0.15, -0.1) is 0 Å². The fourth-order valence-corrected chi connectivity index (χ4v) is 1.76. The van der Waals surface area contributed by atoms with Crippen molar-refractivity contribution in [1.82, 2.24) is 9.97 Å². The zero-order valence-corrected chi connectivity index (χ0v) is 9.19. The molecule has 2 N–H and O–H groups in total. The maximum absolute atomic E-state index is 5.47. The summed E-state index contributed by atoms with van der Waals surface area (Å²) in [6.45, 7) is 0.654. The van der Waals surface area contributed by atoms with Gasteiger partial charge in [-0.1, -0.05) is 0 Å². The number of aromatic nitrogens is 2. The monoisotopic (exact) mass is 206 g/mol. The van der Waals surface area contributed by atoms with Gasteiger partial charge in [0.2, 0.25) is 5.95 Å². The van der Waals surface area contributed by atoms with Gasteiger partial charge in [0.15, 0.2) is 0 Å². The predicted octanol–water partition coefficient (Wildman–Crippen LogP) is 0.966. The first-order chi connectivity index (χ1) is 7.31. The molecule has 2 rings (SSSR count). The minimum Gasteiger partial charge on any atom is -0.341 e. The summed E-state index contributed by atoms with van der Waals surface area (Å²) in [7, 11) is 2.07. The van der Waals surface area contributed by atoms with Crippen molar-refractivity contribution < 1.29 is 0 Å². The fraction of sp³-hybridized carbons (Fsp3) is 0.636. The Morgan fingerprint density at radius 3 is 2.53 bits per heavy atom. The highest BCUT2D eigenvalue weighted by atomic mass is 15.3. The van der Waals surface area contributed by atoms with E-state index in [9.17, 15) is 0 Å². The average Bonchev–Trinajstić information content (AvgIpc) is 2.16. The summed E-state index contributed by atoms with van der Waals surface area (Å²) < 4.78 is 0. The molecule has 4 nitrogen and oxygen atoms in total. The van der Waals surface area contributed by atoms with Crippen LogP contribution in [0.15, 0.2) is 12.4 Å². The Bertz CT molecular complexity index is 305. The van der Waals surface area contributed by atoms with Crippen molar-refractivity contribution in [3.05, 3.63) is 18.0 Å². The molecule has 1 heterocycles. The van der Waals surface area contributed by atoms with Crippen molar-refractivity contribution in [3.8, 4) is 0 Å². The molecular weight excluding hydrogens is 188 g/mol. The van der Waals surface area contributed by atoms with Gasteiger partial charge in [-0.3, -0.25) is 0 Å². The van der Waals surface area contributed by atoms with Gasteiger partial charge in [-0.2, -0.15) is 0 Å². The van der Waals surface area contributed by atoms with E-state index in [1.807, 2.05) is 12.4 Å². The zero-order chi connectivity index (χ0) is 10.7. The molecule has 0 amide bonds. The number of nitrogens with zero attached hydrogens (tertiary/aromatic N) is 3. The third-order valence-electron chi connectivity index (χ3n) is 3.06. The standard InChI is InChI=1S/C11H18N4/c1-15(10-3-2-4-10)11-13-7-9(5-6-12)8-14-11/h7-8,10H,2-6,12H2,1H3. The van der Waals surface area contributed by atoms with Crippen molar-refractivity contribution in [3.63, 3.8) is 0 Å². The Balaban J connectivity index is 2.02. The van der Waals surface area contributed by atoms with E-state index in [2.05, 4.69) is 21.9 Å². The van der Waals surface area contributed by atoms with Crippen molar-refractivity contribution in [2.24, 2.45) is 5.73 Å². The molecule has 0 spiro atoms. The molecule has 0 atom stereocenters. The third-order valence-corrected chi connectivity index (χ3v) is 3.06. The normalized spacial score (nSPS) is 16.1. The molecule has 1 fully saturated rings. The lowest BCUT2D eigenvalue weighted by Crippen LogP contribution is -2.38. The lowest BCUT2D eigenvalue weighted by molar-refractivity contribution is 0.397. The Labute approximate surface area is 90.5 Å². The van der Waals surface area contributed by atoms with Crippen LogP contribution in [0.3, 0.4) is 0 Å². The van der Waals surface area contributed by atoms with Crippen LogP contribution in [0, 0.1) is 0 Å². The molecule has 0 saturated heterocycles. The largest absolute Gasteiger partial charge is 0.341 e. The van der Waals surface area contributed by atoms with Crippen LogP contribution in [0.2, 0.25) is 0 Å². The molecule has 0 aromatic carbocycles. The summed E-state index contributed by atoms with van der Waals surface area (Å²) in [5.74, 6) is 0.834. The van der Waals surface area contributed by atoms with Gasteiger partial charge in [-0.25, -0.2) is 9.97 Å². The number of anilines is 1. The van der Waals surface area contributed by atoms with Gasteiger partial charge in [-0.05, 0) is 37.8 Å². The summed E-state index contributed by atoms with van der Waals surface area (Å²) in [6.07, 6.45) is 8.48. The number of rotatable bonds is 4. The van der Waals surface area contributed by atoms with Crippen molar-refractivity contribution in [1.29, 1.82) is 0 Å². The molecular formula is C11H18N4. The summed E-state index contributed by atoms with van der Waals surface area (Å²) in [4.78, 5) is 10.9. The van der Waals surface area contributed by atoms with E-state index in [1.54, 1.807) is 0 Å². The van der Waals surface area contributed by atoms with Crippen LogP contribution in [0.1, 0.15) is 24.8 Å². The highest BCUT2D eigenvalue weighted by Crippen LogP contribution is 2.25. The first-order valence-corrected chi connectivity index (χ1v) is 5.55. The van der Waals surface area contributed by atoms with Crippen LogP contribution in [-0.2, 0) is 6.42 Å². The lowest BCUT2D eigenvalue weighted by Gasteiger charge is -2.34. The van der Waals surface area contributed by atoms with Gasteiger partial charge in [0.05, 0.1) is 0 Å². The van der Waals surface area contributed by atoms with E-state index in [0.717, 1.165) is 17.9 Å². The molecule has 1 aliphatic rings. The topological polar surface area (TPSA) is 55.0 Å². The summed E-state index contributed by atoms with van der Waals surface area (Å²) in [6, 6.07) is 0.644. The fourth-order valence-electron chi connectivity index (χ4n) is 1.76. The van der Waals surface area contributed by atoms with E-state index >= 15 is 0 Å². The summed E-state index contributed by atoms with van der Waals surface area (Å²) in [5.41, 5.74) is 6.59. The smallest absolute Gasteiger partial charge is 0.225 e. The maximum Gasteiger partial charge on any atom is 0.225 e. The van der Waals surface area contributed by atoms with Crippen LogP contribution in [0.4, 0.5) is 5.95 Å². The van der Waals surface area contributed by atoms with Crippen molar-refractivity contribution >= 4 is 5.95 Å². The van der Waals surface area contributed by atoms with Gasteiger partial charge in [0.25, 0.3) is 0 Å². The first-order valence-electron chi connectivity index (χ1n) is 5.55. The molecule has 0 unspecified atom stereocenters. The van der Waals surface area contributed by atoms with E-state index in [-0.39, 0.29) is 0 Å². The van der Waals surface area contributed by atoms with Gasteiger partial charge < -0.3 is 10.6 Å². The van der Waals surface area contributed by atoms with Gasteiger partial charge >= 0.3 is 0 Å². The van der Waals surface area contributed by atoms with E-state index in [0.29, 0.717) is 12.6 Å². The summed E-state index contributed by atoms with van der Waals surface area (Å²) >= 11 is 0. The number of nitrogens with two attached hydrogens (primary N) is 1. The minimum absolute atomic E-state index is 0.644. The molecule has 0 radical (unpaired) electrons. The molecule has 1 aliphatic carbocycles. The first kappa shape index (κ1) is 10.4. The SMILES string of the molecule is CN(c1ncc(CCN)cn1)C1CCC1. The van der Waals surface area contributed by atoms with Gasteiger partial charge in [0, 0.05) is 25.5 Å². The minimum atomic E-state index is 0.644. The second kappa shape index (κ2) is 4.57. The molecule has 82 valence electrons. The average molecular weight is 206 g/mol. The molecule has 4 heteroatoms. The predicted molar refractivity (Wildman–Crippen MR) is 60.8 cm³/mol. The van der Waals surface area contributed by atoms with Crippen LogP contribution in [0.5, 0.6) is 0 Å². The second-order valence-corrected chi connectivity index (χ2v) is 4.13. The number of hydrogen-bond acceptors (Lipinski definition) is 4. The highest BCUT2D eigenvalue weighted by Gasteiger charge is 2.23.